The zero-order valence-corrected chi connectivity index (χ0v) is 22.6. The van der Waals surface area contributed by atoms with Crippen molar-refractivity contribution in [1.29, 1.82) is 0 Å². The van der Waals surface area contributed by atoms with Gasteiger partial charge in [-0.25, -0.2) is 8.79 Å². The van der Waals surface area contributed by atoms with Crippen LogP contribution in [0.5, 0.6) is 0 Å². The van der Waals surface area contributed by atoms with Crippen molar-refractivity contribution in [3.63, 3.8) is 0 Å². The summed E-state index contributed by atoms with van der Waals surface area (Å²) in [6.07, 6.45) is -4.72. The molecule has 198 valence electrons. The fourth-order valence-electron chi connectivity index (χ4n) is 5.05. The molecule has 0 radical (unpaired) electrons. The molecule has 0 bridgehead atoms. The van der Waals surface area contributed by atoms with E-state index in [4.69, 9.17) is 27.9 Å². The Morgan fingerprint density at radius 1 is 1.14 bits per heavy atom. The van der Waals surface area contributed by atoms with Crippen LogP contribution in [0.1, 0.15) is 55.9 Å². The predicted octanol–water partition coefficient (Wildman–Crippen LogP) is 7.44. The average molecular weight is 575 g/mol. The largest absolute Gasteiger partial charge is 0.409 e. The highest BCUT2D eigenvalue weighted by Crippen LogP contribution is 2.57. The molecule has 2 aromatic rings. The molecule has 0 unspecified atom stereocenters. The van der Waals surface area contributed by atoms with Gasteiger partial charge in [0, 0.05) is 12.8 Å². The highest BCUT2D eigenvalue weighted by Gasteiger charge is 2.60. The lowest BCUT2D eigenvalue weighted by molar-refractivity contribution is -0.170. The normalized spacial score (nSPS) is 22.7. The smallest absolute Gasteiger partial charge is 0.362 e. The van der Waals surface area contributed by atoms with Crippen LogP contribution in [0.2, 0.25) is 10.0 Å². The Morgan fingerprint density at radius 3 is 2.38 bits per heavy atom. The number of hydrogen-bond acceptors (Lipinski definition) is 4. The Kier molecular flexibility index (Phi) is 6.42. The molecule has 0 saturated carbocycles. The standard InChI is InChI=1S/C26H24Cl2F4N2O2S/c1-23(2,3)10-21(35)34-12-24(13-34)17-5-4-14(6-15(17)11-36-24)20-9-25(37-33-20,26(30,31)32)16-7-18(27)22(29)19(28)8-16/h4-8H,9-13H2,1-3H3/t25-/m0/s1. The van der Waals surface area contributed by atoms with E-state index in [0.717, 1.165) is 23.3 Å². The molecule has 1 spiro atoms. The number of fused-ring (bicyclic) bond motifs is 2. The first-order chi connectivity index (χ1) is 17.1. The fraction of sp³-hybridized carbons (Fsp3) is 0.462. The van der Waals surface area contributed by atoms with Gasteiger partial charge in [0.15, 0.2) is 10.6 Å². The number of halogens is 6. The van der Waals surface area contributed by atoms with Crippen molar-refractivity contribution < 1.29 is 27.1 Å². The predicted molar refractivity (Wildman–Crippen MR) is 136 cm³/mol. The van der Waals surface area contributed by atoms with Crippen molar-refractivity contribution in [1.82, 2.24) is 4.90 Å². The topological polar surface area (TPSA) is 41.9 Å². The van der Waals surface area contributed by atoms with Crippen LogP contribution in [-0.4, -0.2) is 35.8 Å². The van der Waals surface area contributed by atoms with Gasteiger partial charge >= 0.3 is 6.18 Å². The molecule has 4 nitrogen and oxygen atoms in total. The van der Waals surface area contributed by atoms with Gasteiger partial charge in [-0.2, -0.15) is 13.2 Å². The lowest BCUT2D eigenvalue weighted by atomic mass is 9.82. The van der Waals surface area contributed by atoms with Gasteiger partial charge in [0.1, 0.15) is 5.60 Å². The van der Waals surface area contributed by atoms with Gasteiger partial charge in [0.25, 0.3) is 0 Å². The van der Waals surface area contributed by atoms with E-state index >= 15 is 0 Å². The van der Waals surface area contributed by atoms with Gasteiger partial charge in [-0.3, -0.25) is 4.79 Å². The maximum atomic E-state index is 14.4. The quantitative estimate of drug-likeness (QED) is 0.217. The van der Waals surface area contributed by atoms with Crippen molar-refractivity contribution >= 4 is 46.8 Å². The molecule has 11 heteroatoms. The monoisotopic (exact) mass is 574 g/mol. The molecule has 3 aliphatic heterocycles. The number of carbonyl (C=O) groups excluding carboxylic acids is 1. The molecule has 1 fully saturated rings. The lowest BCUT2D eigenvalue weighted by Crippen LogP contribution is -2.61. The molecule has 1 amide bonds. The van der Waals surface area contributed by atoms with E-state index in [0.29, 0.717) is 43.6 Å². The van der Waals surface area contributed by atoms with Gasteiger partial charge in [-0.05, 0) is 57.8 Å². The number of amides is 1. The second-order valence-electron chi connectivity index (χ2n) is 11.0. The Balaban J connectivity index is 1.37. The van der Waals surface area contributed by atoms with Gasteiger partial charge in [0.2, 0.25) is 5.91 Å². The minimum absolute atomic E-state index is 0.0774. The van der Waals surface area contributed by atoms with Crippen molar-refractivity contribution in [2.75, 3.05) is 13.1 Å². The summed E-state index contributed by atoms with van der Waals surface area (Å²) in [6, 6.07) is 7.33. The molecule has 3 heterocycles. The zero-order valence-electron chi connectivity index (χ0n) is 20.3. The van der Waals surface area contributed by atoms with Crippen molar-refractivity contribution in [2.45, 2.75) is 56.7 Å². The van der Waals surface area contributed by atoms with Crippen LogP contribution in [0.3, 0.4) is 0 Å². The van der Waals surface area contributed by atoms with Crippen molar-refractivity contribution in [3.05, 3.63) is 68.4 Å². The van der Waals surface area contributed by atoms with E-state index in [1.54, 1.807) is 17.0 Å². The summed E-state index contributed by atoms with van der Waals surface area (Å²) in [5.74, 6) is -0.885. The summed E-state index contributed by atoms with van der Waals surface area (Å²) >= 11 is 12.0. The summed E-state index contributed by atoms with van der Waals surface area (Å²) in [7, 11) is 0. The van der Waals surface area contributed by atoms with Gasteiger partial charge < -0.3 is 9.64 Å². The lowest BCUT2D eigenvalue weighted by Gasteiger charge is -2.48. The molecule has 37 heavy (non-hydrogen) atoms. The van der Waals surface area contributed by atoms with Crippen LogP contribution in [0.4, 0.5) is 17.6 Å². The summed E-state index contributed by atoms with van der Waals surface area (Å²) in [6.45, 7) is 7.25. The van der Waals surface area contributed by atoms with Gasteiger partial charge in [-0.1, -0.05) is 56.1 Å². The summed E-state index contributed by atoms with van der Waals surface area (Å²) < 4.78 is 65.0. The first-order valence-corrected chi connectivity index (χ1v) is 13.2. The SMILES string of the molecule is CC(C)(C)CC(=O)N1CC2(C1)OCc1cc(C3=NS[C@@](c4cc(Cl)c(F)c(Cl)c4)(C(F)(F)F)C3)ccc12. The Labute approximate surface area is 226 Å². The molecule has 0 aliphatic carbocycles. The number of alkyl halides is 3. The first-order valence-electron chi connectivity index (χ1n) is 11.7. The van der Waals surface area contributed by atoms with Crippen LogP contribution < -0.4 is 0 Å². The van der Waals surface area contributed by atoms with E-state index in [9.17, 15) is 22.4 Å². The number of nitrogens with zero attached hydrogens (tertiary/aromatic N) is 2. The van der Waals surface area contributed by atoms with Crippen LogP contribution >= 0.6 is 35.1 Å². The van der Waals surface area contributed by atoms with Gasteiger partial charge in [0.05, 0.1) is 35.5 Å². The molecule has 3 aliphatic rings. The average Bonchev–Trinajstić information content (AvgIpc) is 3.37. The molecule has 2 aromatic carbocycles. The maximum Gasteiger partial charge on any atom is 0.409 e. The summed E-state index contributed by atoms with van der Waals surface area (Å²) in [4.78, 5) is 14.3. The Hall–Kier alpha value is -1.81. The number of benzene rings is 2. The van der Waals surface area contributed by atoms with Gasteiger partial charge in [-0.15, -0.1) is 0 Å². The van der Waals surface area contributed by atoms with E-state index in [1.165, 1.54) is 0 Å². The third kappa shape index (κ3) is 4.56. The fourth-order valence-corrected chi connectivity index (χ4v) is 6.50. The van der Waals surface area contributed by atoms with Crippen LogP contribution in [-0.2, 0) is 26.5 Å². The van der Waals surface area contributed by atoms with Crippen molar-refractivity contribution in [2.24, 2.45) is 9.81 Å². The zero-order chi connectivity index (χ0) is 27.0. The van der Waals surface area contributed by atoms with E-state index in [1.807, 2.05) is 26.8 Å². The van der Waals surface area contributed by atoms with E-state index < -0.39 is 38.8 Å². The molecular weight excluding hydrogens is 551 g/mol. The van der Waals surface area contributed by atoms with Crippen LogP contribution in [0, 0.1) is 11.2 Å². The minimum Gasteiger partial charge on any atom is -0.362 e. The second kappa shape index (κ2) is 8.86. The molecule has 5 rings (SSSR count). The molecule has 1 saturated heterocycles. The maximum absolute atomic E-state index is 14.4. The molecular formula is C26H24Cl2F4N2O2S. The third-order valence-corrected chi connectivity index (χ3v) is 8.78. The van der Waals surface area contributed by atoms with Crippen LogP contribution in [0.25, 0.3) is 0 Å². The highest BCUT2D eigenvalue weighted by atomic mass is 35.5. The van der Waals surface area contributed by atoms with Crippen molar-refractivity contribution in [3.8, 4) is 0 Å². The van der Waals surface area contributed by atoms with E-state index in [2.05, 4.69) is 4.40 Å². The third-order valence-electron chi connectivity index (χ3n) is 7.00. The number of carbonyl (C=O) groups is 1. The Morgan fingerprint density at radius 2 is 1.78 bits per heavy atom. The molecule has 0 aromatic heterocycles. The van der Waals surface area contributed by atoms with Crippen LogP contribution in [0.15, 0.2) is 34.7 Å². The first kappa shape index (κ1) is 26.8. The summed E-state index contributed by atoms with van der Waals surface area (Å²) in [5, 5.41) is -0.952. The number of hydrogen-bond donors (Lipinski definition) is 0. The Bertz CT molecular complexity index is 1300. The molecule has 1 atom stereocenters. The molecule has 0 N–H and O–H groups in total. The number of likely N-dealkylation sites (tertiary alicyclic amines) is 1. The number of ether oxygens (including phenoxy) is 1. The highest BCUT2D eigenvalue weighted by molar-refractivity contribution is 7.99. The second-order valence-corrected chi connectivity index (χ2v) is 12.9. The number of rotatable bonds is 3. The van der Waals surface area contributed by atoms with E-state index in [-0.39, 0.29) is 22.6 Å². The minimum atomic E-state index is -4.70. The summed E-state index contributed by atoms with van der Waals surface area (Å²) in [5.41, 5.74) is 1.69.